The highest BCUT2D eigenvalue weighted by atomic mass is 16.5. The molecule has 5 heteroatoms. The Labute approximate surface area is 149 Å². The number of hydrogen-bond acceptors (Lipinski definition) is 5. The summed E-state index contributed by atoms with van der Waals surface area (Å²) in [6.07, 6.45) is 6.86. The van der Waals surface area contributed by atoms with E-state index in [1.165, 1.54) is 18.4 Å². The third-order valence-corrected chi connectivity index (χ3v) is 5.30. The molecule has 0 bridgehead atoms. The Balaban J connectivity index is 1.60. The van der Waals surface area contributed by atoms with Crippen molar-refractivity contribution in [1.82, 2.24) is 15.3 Å². The number of fused-ring (bicyclic) bond motifs is 1. The molecule has 4 rings (SSSR count). The Bertz CT molecular complexity index is 713. The summed E-state index contributed by atoms with van der Waals surface area (Å²) in [5.74, 6) is 1.29. The number of nitrogen functional groups attached to an aromatic ring is 1. The van der Waals surface area contributed by atoms with E-state index in [4.69, 9.17) is 10.5 Å². The first-order valence-electron chi connectivity index (χ1n) is 9.38. The van der Waals surface area contributed by atoms with Gasteiger partial charge in [-0.15, -0.1) is 0 Å². The van der Waals surface area contributed by atoms with Gasteiger partial charge in [0.2, 0.25) is 11.8 Å². The van der Waals surface area contributed by atoms with Crippen LogP contribution in [-0.2, 0) is 6.42 Å². The summed E-state index contributed by atoms with van der Waals surface area (Å²) in [6, 6.07) is 11.0. The van der Waals surface area contributed by atoms with E-state index in [1.54, 1.807) is 0 Å². The first kappa shape index (κ1) is 16.3. The zero-order chi connectivity index (χ0) is 17.1. The van der Waals surface area contributed by atoms with Crippen LogP contribution in [0.25, 0.3) is 0 Å². The third-order valence-electron chi connectivity index (χ3n) is 5.30. The third kappa shape index (κ3) is 3.61. The molecule has 1 unspecified atom stereocenters. The van der Waals surface area contributed by atoms with E-state index in [1.807, 2.05) is 6.07 Å². The van der Waals surface area contributed by atoms with Crippen LogP contribution in [0.1, 0.15) is 54.8 Å². The van der Waals surface area contributed by atoms with Crippen molar-refractivity contribution in [3.8, 4) is 5.88 Å². The maximum absolute atomic E-state index is 6.12. The maximum atomic E-state index is 6.12. The topological polar surface area (TPSA) is 73.1 Å². The molecule has 1 aromatic carbocycles. The van der Waals surface area contributed by atoms with Crippen LogP contribution in [-0.4, -0.2) is 29.2 Å². The Morgan fingerprint density at radius 2 is 1.96 bits per heavy atom. The predicted octanol–water partition coefficient (Wildman–Crippen LogP) is 3.05. The summed E-state index contributed by atoms with van der Waals surface area (Å²) in [6.45, 7) is 1.73. The largest absolute Gasteiger partial charge is 0.476 e. The zero-order valence-corrected chi connectivity index (χ0v) is 14.6. The van der Waals surface area contributed by atoms with E-state index in [-0.39, 0.29) is 5.92 Å². The summed E-state index contributed by atoms with van der Waals surface area (Å²) in [7, 11) is 0. The van der Waals surface area contributed by atoms with Gasteiger partial charge in [0.1, 0.15) is 6.61 Å². The van der Waals surface area contributed by atoms with Crippen molar-refractivity contribution in [3.63, 3.8) is 0 Å². The highest BCUT2D eigenvalue weighted by molar-refractivity contribution is 5.43. The molecule has 1 aromatic heterocycles. The smallest absolute Gasteiger partial charge is 0.223 e. The Morgan fingerprint density at radius 3 is 2.76 bits per heavy atom. The number of nitrogens with one attached hydrogen (secondary N) is 1. The van der Waals surface area contributed by atoms with Crippen molar-refractivity contribution in [2.45, 2.75) is 50.5 Å². The van der Waals surface area contributed by atoms with Crippen LogP contribution in [0.2, 0.25) is 0 Å². The van der Waals surface area contributed by atoms with E-state index in [9.17, 15) is 0 Å². The maximum Gasteiger partial charge on any atom is 0.223 e. The van der Waals surface area contributed by atoms with Crippen molar-refractivity contribution in [2.24, 2.45) is 0 Å². The van der Waals surface area contributed by atoms with E-state index in [2.05, 4.69) is 39.6 Å². The molecule has 132 valence electrons. The molecule has 1 aliphatic heterocycles. The molecule has 0 spiro atoms. The second kappa shape index (κ2) is 7.40. The molecule has 2 aliphatic rings. The van der Waals surface area contributed by atoms with Crippen LogP contribution in [0.5, 0.6) is 5.88 Å². The summed E-state index contributed by atoms with van der Waals surface area (Å²) in [5, 5.41) is 3.52. The molecule has 2 heterocycles. The molecular weight excluding hydrogens is 312 g/mol. The molecule has 1 saturated heterocycles. The Morgan fingerprint density at radius 1 is 1.08 bits per heavy atom. The summed E-state index contributed by atoms with van der Waals surface area (Å²) >= 11 is 0. The number of aromatic nitrogens is 2. The van der Waals surface area contributed by atoms with Gasteiger partial charge < -0.3 is 15.8 Å². The van der Waals surface area contributed by atoms with Crippen molar-refractivity contribution in [3.05, 3.63) is 47.2 Å². The molecule has 0 saturated carbocycles. The number of anilines is 1. The first-order chi connectivity index (χ1) is 12.3. The van der Waals surface area contributed by atoms with Crippen molar-refractivity contribution < 1.29 is 4.74 Å². The van der Waals surface area contributed by atoms with E-state index < -0.39 is 0 Å². The number of benzene rings is 1. The number of ether oxygens (including phenoxy) is 1. The molecule has 1 aliphatic carbocycles. The summed E-state index contributed by atoms with van der Waals surface area (Å²) < 4.78 is 6.12. The van der Waals surface area contributed by atoms with Gasteiger partial charge in [0.25, 0.3) is 0 Å². The first-order valence-corrected chi connectivity index (χ1v) is 9.38. The van der Waals surface area contributed by atoms with E-state index >= 15 is 0 Å². The number of hydrogen-bond donors (Lipinski definition) is 2. The van der Waals surface area contributed by atoms with Crippen molar-refractivity contribution in [1.29, 1.82) is 0 Å². The minimum absolute atomic E-state index is 0.283. The van der Waals surface area contributed by atoms with Gasteiger partial charge >= 0.3 is 0 Å². The fourth-order valence-electron chi connectivity index (χ4n) is 4.01. The predicted molar refractivity (Wildman–Crippen MR) is 98.8 cm³/mol. The molecular formula is C20H26N4O. The summed E-state index contributed by atoms with van der Waals surface area (Å²) in [4.78, 5) is 9.01. The second-order valence-corrected chi connectivity index (χ2v) is 7.06. The molecule has 25 heavy (non-hydrogen) atoms. The summed E-state index contributed by atoms with van der Waals surface area (Å²) in [5.41, 5.74) is 9.50. The van der Waals surface area contributed by atoms with Crippen LogP contribution < -0.4 is 15.8 Å². The van der Waals surface area contributed by atoms with E-state index in [0.29, 0.717) is 24.5 Å². The SMILES string of the molecule is Nc1nc(OC[C@@H]2CCCCN2)c2c(n1)C(c1ccccc1)CCC2. The molecule has 2 atom stereocenters. The monoisotopic (exact) mass is 338 g/mol. The van der Waals surface area contributed by atoms with Gasteiger partial charge in [-0.05, 0) is 44.2 Å². The van der Waals surface area contributed by atoms with Crippen LogP contribution >= 0.6 is 0 Å². The normalized spacial score (nSPS) is 23.0. The number of nitrogens with zero attached hydrogens (tertiary/aromatic N) is 2. The lowest BCUT2D eigenvalue weighted by Gasteiger charge is -2.27. The minimum Gasteiger partial charge on any atom is -0.476 e. The van der Waals surface area contributed by atoms with Crippen molar-refractivity contribution in [2.75, 3.05) is 18.9 Å². The van der Waals surface area contributed by atoms with Gasteiger partial charge in [-0.1, -0.05) is 36.8 Å². The molecule has 0 radical (unpaired) electrons. The zero-order valence-electron chi connectivity index (χ0n) is 14.6. The second-order valence-electron chi connectivity index (χ2n) is 7.06. The van der Waals surface area contributed by atoms with E-state index in [0.717, 1.165) is 43.5 Å². The average Bonchev–Trinajstić information content (AvgIpc) is 2.67. The van der Waals surface area contributed by atoms with Gasteiger partial charge in [0.05, 0.1) is 5.69 Å². The lowest BCUT2D eigenvalue weighted by molar-refractivity contribution is 0.229. The minimum atomic E-state index is 0.283. The molecule has 5 nitrogen and oxygen atoms in total. The number of rotatable bonds is 4. The van der Waals surface area contributed by atoms with Crippen LogP contribution in [0, 0.1) is 0 Å². The molecule has 3 N–H and O–H groups in total. The average molecular weight is 338 g/mol. The highest BCUT2D eigenvalue weighted by Crippen LogP contribution is 2.38. The molecule has 1 fully saturated rings. The number of piperidine rings is 1. The van der Waals surface area contributed by atoms with Gasteiger partial charge in [-0.2, -0.15) is 4.98 Å². The fraction of sp³-hybridized carbons (Fsp3) is 0.500. The Hall–Kier alpha value is -2.14. The fourth-order valence-corrected chi connectivity index (χ4v) is 4.01. The quantitative estimate of drug-likeness (QED) is 0.896. The molecule has 2 aromatic rings. The lowest BCUT2D eigenvalue weighted by Crippen LogP contribution is -2.38. The number of nitrogens with two attached hydrogens (primary N) is 1. The van der Waals surface area contributed by atoms with Gasteiger partial charge in [-0.25, -0.2) is 4.98 Å². The van der Waals surface area contributed by atoms with Crippen molar-refractivity contribution >= 4 is 5.95 Å². The molecule has 0 amide bonds. The van der Waals surface area contributed by atoms with Crippen LogP contribution in [0.3, 0.4) is 0 Å². The lowest BCUT2D eigenvalue weighted by atomic mass is 9.82. The highest BCUT2D eigenvalue weighted by Gasteiger charge is 2.28. The van der Waals surface area contributed by atoms with Gasteiger partial charge in [0, 0.05) is 17.5 Å². The van der Waals surface area contributed by atoms with Gasteiger partial charge in [0.15, 0.2) is 0 Å². The Kier molecular flexibility index (Phi) is 4.83. The van der Waals surface area contributed by atoms with Gasteiger partial charge in [-0.3, -0.25) is 0 Å². The standard InChI is InChI=1S/C20H26N4O/c21-20-23-18-16(14-7-2-1-3-8-14)10-6-11-17(18)19(24-20)25-13-15-9-4-5-12-22-15/h1-3,7-8,15-16,22H,4-6,9-13H2,(H2,21,23,24)/t15-,16?/m0/s1. The van der Waals surface area contributed by atoms with Crippen LogP contribution in [0.15, 0.2) is 30.3 Å². The van der Waals surface area contributed by atoms with Crippen LogP contribution in [0.4, 0.5) is 5.95 Å².